The van der Waals surface area contributed by atoms with Gasteiger partial charge in [-0.1, -0.05) is 110 Å². The molecule has 0 saturated carbocycles. The zero-order valence-corrected chi connectivity index (χ0v) is 22.5. The molecule has 6 nitrogen and oxygen atoms in total. The van der Waals surface area contributed by atoms with Crippen molar-refractivity contribution in [2.75, 3.05) is 19.6 Å². The largest absolute Gasteiger partial charge is 0.492 e. The maximum Gasteiger partial charge on any atom is 0.492 e. The van der Waals surface area contributed by atoms with Crippen molar-refractivity contribution in [2.24, 2.45) is 5.73 Å². The first-order valence-electron chi connectivity index (χ1n) is 13.8. The lowest BCUT2D eigenvalue weighted by Crippen LogP contribution is -2.53. The molecule has 6 N–H and O–H groups in total. The Morgan fingerprint density at radius 2 is 1.06 bits per heavy atom. The molecule has 0 aliphatic rings. The Balaban J connectivity index is 3.46. The molecule has 0 aliphatic carbocycles. The van der Waals surface area contributed by atoms with Gasteiger partial charge in [-0.2, -0.15) is 0 Å². The van der Waals surface area contributed by atoms with Crippen molar-refractivity contribution in [3.8, 4) is 0 Å². The molecular formula is C25H57N3O3Si. The number of nitrogens with one attached hydrogen (secondary N) is 1. The fraction of sp³-hybridized carbons (Fsp3) is 1.00. The molecule has 0 aromatic heterocycles. The third kappa shape index (κ3) is 23.1. The highest BCUT2D eigenvalue weighted by molar-refractivity contribution is 6.56. The average molecular weight is 476 g/mol. The second kappa shape index (κ2) is 22.8. The van der Waals surface area contributed by atoms with E-state index in [0.29, 0.717) is 13.0 Å². The van der Waals surface area contributed by atoms with E-state index in [-0.39, 0.29) is 12.3 Å². The zero-order valence-electron chi connectivity index (χ0n) is 21.5. The van der Waals surface area contributed by atoms with E-state index in [2.05, 4.69) is 24.1 Å². The first-order chi connectivity index (χ1) is 15.4. The summed E-state index contributed by atoms with van der Waals surface area (Å²) in [6, 6.07) is 0.0685. The lowest BCUT2D eigenvalue weighted by molar-refractivity contribution is 0.162. The molecule has 0 fully saturated rings. The molecule has 0 rings (SSSR count). The molecule has 0 amide bonds. The van der Waals surface area contributed by atoms with E-state index in [4.69, 9.17) is 20.1 Å². The van der Waals surface area contributed by atoms with Gasteiger partial charge in [0.15, 0.2) is 0 Å². The van der Waals surface area contributed by atoms with Crippen LogP contribution in [0.4, 0.5) is 0 Å². The number of nitrogens with zero attached hydrogens (tertiary/aromatic N) is 1. The summed E-state index contributed by atoms with van der Waals surface area (Å²) < 4.78 is 0. The Morgan fingerprint density at radius 1 is 0.625 bits per heavy atom. The summed E-state index contributed by atoms with van der Waals surface area (Å²) in [6.45, 7) is 6.83. The van der Waals surface area contributed by atoms with Gasteiger partial charge in [0.05, 0.1) is 0 Å². The minimum atomic E-state index is -3.94. The van der Waals surface area contributed by atoms with E-state index < -0.39 is 8.80 Å². The predicted molar refractivity (Wildman–Crippen MR) is 139 cm³/mol. The van der Waals surface area contributed by atoms with Crippen LogP contribution in [-0.4, -0.2) is 54.0 Å². The second-order valence-corrected chi connectivity index (χ2v) is 11.7. The maximum atomic E-state index is 9.15. The predicted octanol–water partition coefficient (Wildman–Crippen LogP) is 5.10. The molecule has 194 valence electrons. The van der Waals surface area contributed by atoms with Crippen LogP contribution in [0.25, 0.3) is 0 Å². The molecular weight excluding hydrogens is 418 g/mol. The molecule has 0 spiro atoms. The van der Waals surface area contributed by atoms with Crippen LogP contribution in [0.15, 0.2) is 0 Å². The number of rotatable bonds is 25. The van der Waals surface area contributed by atoms with Crippen LogP contribution < -0.4 is 11.1 Å². The molecule has 0 radical (unpaired) electrons. The Kier molecular flexibility index (Phi) is 22.7. The van der Waals surface area contributed by atoms with E-state index in [1.54, 1.807) is 0 Å². The van der Waals surface area contributed by atoms with Crippen molar-refractivity contribution >= 4 is 8.80 Å². The third-order valence-electron chi connectivity index (χ3n) is 6.25. The maximum absolute atomic E-state index is 9.15. The smallest absolute Gasteiger partial charge is 0.390 e. The van der Waals surface area contributed by atoms with E-state index >= 15 is 0 Å². The quantitative estimate of drug-likeness (QED) is 0.0715. The molecule has 0 bridgehead atoms. The van der Waals surface area contributed by atoms with Gasteiger partial charge in [0.1, 0.15) is 6.29 Å². The summed E-state index contributed by atoms with van der Waals surface area (Å²) in [5.74, 6) is 0. The topological polar surface area (TPSA) is 102 Å². The van der Waals surface area contributed by atoms with Crippen molar-refractivity contribution in [1.29, 1.82) is 0 Å². The van der Waals surface area contributed by atoms with E-state index in [1.165, 1.54) is 96.3 Å². The molecule has 0 aromatic rings. The molecule has 0 saturated heterocycles. The molecule has 1 unspecified atom stereocenters. The summed E-state index contributed by atoms with van der Waals surface area (Å²) in [7, 11) is -3.94. The van der Waals surface area contributed by atoms with Crippen LogP contribution in [0.3, 0.4) is 0 Å². The van der Waals surface area contributed by atoms with Crippen LogP contribution in [0, 0.1) is 0 Å². The Labute approximate surface area is 200 Å². The van der Waals surface area contributed by atoms with Crippen molar-refractivity contribution < 1.29 is 14.4 Å². The fourth-order valence-corrected chi connectivity index (χ4v) is 4.88. The van der Waals surface area contributed by atoms with Gasteiger partial charge in [0, 0.05) is 19.1 Å². The second-order valence-electron chi connectivity index (χ2n) is 9.62. The number of nitrogens with two attached hydrogens (primary N) is 1. The van der Waals surface area contributed by atoms with Gasteiger partial charge in [-0.15, -0.1) is 0 Å². The Hall–Kier alpha value is -0.0231. The normalized spacial score (nSPS) is 13.2. The highest BCUT2D eigenvalue weighted by atomic mass is 28.4. The van der Waals surface area contributed by atoms with Crippen molar-refractivity contribution in [3.63, 3.8) is 0 Å². The Morgan fingerprint density at radius 3 is 1.47 bits per heavy atom. The molecule has 32 heavy (non-hydrogen) atoms. The third-order valence-corrected chi connectivity index (χ3v) is 7.27. The van der Waals surface area contributed by atoms with Gasteiger partial charge in [0.25, 0.3) is 0 Å². The summed E-state index contributed by atoms with van der Waals surface area (Å²) in [5.41, 5.74) is 6.26. The molecule has 0 aliphatic heterocycles. The lowest BCUT2D eigenvalue weighted by Gasteiger charge is -2.29. The first kappa shape index (κ1) is 32.0. The van der Waals surface area contributed by atoms with Crippen LogP contribution in [-0.2, 0) is 0 Å². The molecule has 0 heterocycles. The van der Waals surface area contributed by atoms with Gasteiger partial charge in [-0.05, 0) is 25.8 Å². The monoisotopic (exact) mass is 475 g/mol. The number of hydrogen-bond acceptors (Lipinski definition) is 6. The van der Waals surface area contributed by atoms with Crippen LogP contribution >= 0.6 is 0 Å². The van der Waals surface area contributed by atoms with Crippen LogP contribution in [0.2, 0.25) is 6.04 Å². The minimum absolute atomic E-state index is 0.0685. The zero-order chi connectivity index (χ0) is 23.9. The Bertz CT molecular complexity index is 384. The molecule has 1 atom stereocenters. The lowest BCUT2D eigenvalue weighted by atomic mass is 10.0. The van der Waals surface area contributed by atoms with E-state index in [1.807, 2.05) is 0 Å². The van der Waals surface area contributed by atoms with Gasteiger partial charge in [-0.25, -0.2) is 0 Å². The average Bonchev–Trinajstić information content (AvgIpc) is 2.74. The summed E-state index contributed by atoms with van der Waals surface area (Å²) >= 11 is 0. The summed E-state index contributed by atoms with van der Waals surface area (Å²) in [4.78, 5) is 29.6. The highest BCUT2D eigenvalue weighted by Crippen LogP contribution is 2.13. The van der Waals surface area contributed by atoms with E-state index in [9.17, 15) is 0 Å². The van der Waals surface area contributed by atoms with Crippen molar-refractivity contribution in [3.05, 3.63) is 0 Å². The number of hydrogen-bond donors (Lipinski definition) is 5. The van der Waals surface area contributed by atoms with Crippen LogP contribution in [0.5, 0.6) is 0 Å². The molecule has 0 aromatic carbocycles. The molecule has 7 heteroatoms. The van der Waals surface area contributed by atoms with Crippen LogP contribution in [0.1, 0.15) is 129 Å². The van der Waals surface area contributed by atoms with Gasteiger partial charge in [0.2, 0.25) is 0 Å². The van der Waals surface area contributed by atoms with Gasteiger partial charge < -0.3 is 20.1 Å². The first-order valence-corrected chi connectivity index (χ1v) is 15.9. The van der Waals surface area contributed by atoms with Crippen molar-refractivity contribution in [1.82, 2.24) is 10.2 Å². The number of unbranched alkanes of at least 4 members (excludes halogenated alkanes) is 15. The summed E-state index contributed by atoms with van der Waals surface area (Å²) in [5, 5.41) is 3.39. The summed E-state index contributed by atoms with van der Waals surface area (Å²) in [6.07, 6.45) is 23.3. The minimum Gasteiger partial charge on any atom is -0.390 e. The van der Waals surface area contributed by atoms with Gasteiger partial charge >= 0.3 is 8.80 Å². The SMILES string of the molecule is CCCCCCCCCCCCCCCCCCNC(N)N(CCC)CCC[Si](O)(O)O. The van der Waals surface area contributed by atoms with Gasteiger partial charge in [-0.3, -0.25) is 10.2 Å². The van der Waals surface area contributed by atoms with E-state index in [0.717, 1.165) is 25.9 Å². The van der Waals surface area contributed by atoms with Crippen molar-refractivity contribution in [2.45, 2.75) is 142 Å². The standard InChI is InChI=1S/C25H57N3O3Si/c1-3-5-6-7-8-9-10-11-12-13-14-15-16-17-18-19-21-27-25(26)28(22-4-2)23-20-24-32(29,30)31/h25,27,29-31H,3-24,26H2,1-2H3. The fourth-order valence-electron chi connectivity index (χ4n) is 4.25. The highest BCUT2D eigenvalue weighted by Gasteiger charge is 2.26.